The van der Waals surface area contributed by atoms with E-state index in [1.807, 2.05) is 0 Å². The number of thiophene rings is 1. The summed E-state index contributed by atoms with van der Waals surface area (Å²) < 4.78 is 28.1. The van der Waals surface area contributed by atoms with Crippen molar-refractivity contribution >= 4 is 50.5 Å². The lowest BCUT2D eigenvalue weighted by atomic mass is 9.99. The second kappa shape index (κ2) is 6.77. The topological polar surface area (TPSA) is 89.7 Å². The molecule has 0 atom stereocenters. The second-order valence-electron chi connectivity index (χ2n) is 5.51. The summed E-state index contributed by atoms with van der Waals surface area (Å²) in [4.78, 5) is 14.6. The number of hydrogen-bond donors (Lipinski definition) is 1. The second-order valence-corrected chi connectivity index (χ2v) is 9.17. The number of nitrogens with zero attached hydrogens (tertiary/aromatic N) is 1. The van der Waals surface area contributed by atoms with Crippen molar-refractivity contribution in [2.75, 3.05) is 13.7 Å². The average Bonchev–Trinajstić information content (AvgIpc) is 2.98. The Bertz CT molecular complexity index is 957. The van der Waals surface area contributed by atoms with E-state index in [2.05, 4.69) is 0 Å². The number of nitrogens with two attached hydrogens (primary N) is 1. The molecule has 2 heterocycles. The van der Waals surface area contributed by atoms with Gasteiger partial charge in [0.25, 0.3) is 15.9 Å². The average molecular weight is 421 g/mol. The van der Waals surface area contributed by atoms with Crippen LogP contribution in [-0.4, -0.2) is 32.9 Å². The van der Waals surface area contributed by atoms with Gasteiger partial charge >= 0.3 is 0 Å². The zero-order valence-electron chi connectivity index (χ0n) is 13.1. The Kier molecular flexibility index (Phi) is 5.00. The zero-order valence-corrected chi connectivity index (χ0v) is 16.2. The molecule has 0 spiro atoms. The number of carbonyl (C=O) groups is 1. The number of ether oxygens (including phenoxy) is 1. The highest BCUT2D eigenvalue weighted by molar-refractivity contribution is 7.91. The van der Waals surface area contributed by atoms with Crippen molar-refractivity contribution in [3.63, 3.8) is 0 Å². The van der Waals surface area contributed by atoms with Crippen LogP contribution in [0.15, 0.2) is 22.4 Å². The molecule has 3 rings (SSSR count). The third-order valence-corrected chi connectivity index (χ3v) is 7.01. The Balaban J connectivity index is 1.91. The van der Waals surface area contributed by atoms with Crippen molar-refractivity contribution < 1.29 is 17.9 Å². The molecular weight excluding hydrogens is 407 g/mol. The molecule has 0 saturated heterocycles. The van der Waals surface area contributed by atoms with Crippen molar-refractivity contribution in [3.8, 4) is 5.75 Å². The summed E-state index contributed by atoms with van der Waals surface area (Å²) in [7, 11) is -2.64. The van der Waals surface area contributed by atoms with Crippen molar-refractivity contribution in [3.05, 3.63) is 44.2 Å². The lowest BCUT2D eigenvalue weighted by Gasteiger charge is -2.29. The number of halogens is 2. The van der Waals surface area contributed by atoms with Gasteiger partial charge < -0.3 is 9.64 Å². The molecule has 0 saturated carbocycles. The predicted molar refractivity (Wildman–Crippen MR) is 97.2 cm³/mol. The Hall–Kier alpha value is -1.32. The van der Waals surface area contributed by atoms with Gasteiger partial charge in [-0.1, -0.05) is 23.2 Å². The van der Waals surface area contributed by atoms with Gasteiger partial charge in [0.15, 0.2) is 9.96 Å². The molecule has 0 unspecified atom stereocenters. The van der Waals surface area contributed by atoms with Crippen molar-refractivity contribution in [1.29, 1.82) is 0 Å². The quantitative estimate of drug-likeness (QED) is 0.825. The van der Waals surface area contributed by atoms with Crippen LogP contribution in [0.4, 0.5) is 0 Å². The van der Waals surface area contributed by atoms with Crippen LogP contribution < -0.4 is 9.88 Å². The van der Waals surface area contributed by atoms with Crippen LogP contribution in [-0.2, 0) is 23.0 Å². The van der Waals surface area contributed by atoms with Crippen LogP contribution in [0.25, 0.3) is 0 Å². The molecule has 2 N–H and O–H groups in total. The van der Waals surface area contributed by atoms with Crippen LogP contribution in [0.3, 0.4) is 0 Å². The molecule has 1 aliphatic rings. The Morgan fingerprint density at radius 3 is 2.64 bits per heavy atom. The minimum absolute atomic E-state index is 0.0688. The number of benzene rings is 1. The SMILES string of the molecule is COc1cc(C(=O)N2CCc3c(Cl)cc(Cl)cc3C2)sc1S(N)(=O)=O. The van der Waals surface area contributed by atoms with Crippen LogP contribution >= 0.6 is 34.5 Å². The van der Waals surface area contributed by atoms with E-state index in [9.17, 15) is 13.2 Å². The number of rotatable bonds is 3. The molecule has 10 heteroatoms. The summed E-state index contributed by atoms with van der Waals surface area (Å²) in [5, 5.41) is 6.26. The van der Waals surface area contributed by atoms with Gasteiger partial charge in [0.1, 0.15) is 0 Å². The maximum Gasteiger partial charge on any atom is 0.264 e. The Morgan fingerprint density at radius 2 is 2.04 bits per heavy atom. The Morgan fingerprint density at radius 1 is 1.32 bits per heavy atom. The van der Waals surface area contributed by atoms with Gasteiger partial charge in [0.05, 0.1) is 12.0 Å². The highest BCUT2D eigenvalue weighted by Gasteiger charge is 2.28. The van der Waals surface area contributed by atoms with Gasteiger partial charge in [-0.15, -0.1) is 11.3 Å². The fourth-order valence-corrected chi connectivity index (χ4v) is 5.35. The number of carbonyl (C=O) groups excluding carboxylic acids is 1. The summed E-state index contributed by atoms with van der Waals surface area (Å²) in [6, 6.07) is 4.86. The van der Waals surface area contributed by atoms with E-state index < -0.39 is 10.0 Å². The largest absolute Gasteiger partial charge is 0.494 e. The molecule has 0 aliphatic carbocycles. The molecule has 1 aromatic carbocycles. The van der Waals surface area contributed by atoms with Crippen LogP contribution in [0.1, 0.15) is 20.8 Å². The molecule has 0 fully saturated rings. The molecule has 1 aliphatic heterocycles. The minimum atomic E-state index is -3.96. The van der Waals surface area contributed by atoms with E-state index in [0.29, 0.717) is 29.6 Å². The van der Waals surface area contributed by atoms with Gasteiger partial charge in [0.2, 0.25) is 0 Å². The first kappa shape index (κ1) is 18.5. The third kappa shape index (κ3) is 3.63. The molecule has 6 nitrogen and oxygen atoms in total. The molecule has 0 radical (unpaired) electrons. The van der Waals surface area contributed by atoms with E-state index in [0.717, 1.165) is 22.5 Å². The van der Waals surface area contributed by atoms with Crippen molar-refractivity contribution in [2.45, 2.75) is 17.2 Å². The van der Waals surface area contributed by atoms with Crippen LogP contribution in [0.2, 0.25) is 10.0 Å². The Labute approximate surface area is 159 Å². The monoisotopic (exact) mass is 420 g/mol. The molecule has 1 aromatic heterocycles. The van der Waals surface area contributed by atoms with E-state index in [1.165, 1.54) is 13.2 Å². The lowest BCUT2D eigenvalue weighted by Crippen LogP contribution is -2.35. The number of sulfonamides is 1. The number of hydrogen-bond acceptors (Lipinski definition) is 5. The zero-order chi connectivity index (χ0) is 18.4. The summed E-state index contributed by atoms with van der Waals surface area (Å²) in [6.07, 6.45) is 0.599. The fourth-order valence-electron chi connectivity index (χ4n) is 2.74. The maximum atomic E-state index is 12.8. The number of amides is 1. The van der Waals surface area contributed by atoms with E-state index in [4.69, 9.17) is 33.1 Å². The third-order valence-electron chi connectivity index (χ3n) is 3.89. The molecule has 134 valence electrons. The van der Waals surface area contributed by atoms with Crippen LogP contribution in [0, 0.1) is 0 Å². The van der Waals surface area contributed by atoms with E-state index in [-0.39, 0.29) is 20.7 Å². The molecule has 2 aromatic rings. The maximum absolute atomic E-state index is 12.8. The first-order chi connectivity index (χ1) is 11.7. The molecular formula is C15H14Cl2N2O4S2. The number of methoxy groups -OCH3 is 1. The summed E-state index contributed by atoms with van der Waals surface area (Å²) in [5.41, 5.74) is 1.86. The van der Waals surface area contributed by atoms with E-state index >= 15 is 0 Å². The van der Waals surface area contributed by atoms with Gasteiger partial charge in [-0.2, -0.15) is 0 Å². The number of primary sulfonamides is 1. The first-order valence-corrected chi connectivity index (χ1v) is 10.3. The molecule has 0 bridgehead atoms. The summed E-state index contributed by atoms with van der Waals surface area (Å²) >= 11 is 13.0. The standard InChI is InChI=1S/C15H14Cl2N2O4S2/c1-23-12-6-13(24-15(12)25(18,21)22)14(20)19-3-2-10-8(7-19)4-9(16)5-11(10)17/h4-6H,2-3,7H2,1H3,(H2,18,21,22). The summed E-state index contributed by atoms with van der Waals surface area (Å²) in [6.45, 7) is 0.817. The normalized spacial score (nSPS) is 14.3. The highest BCUT2D eigenvalue weighted by Crippen LogP contribution is 2.35. The van der Waals surface area contributed by atoms with Gasteiger partial charge in [-0.3, -0.25) is 4.79 Å². The van der Waals surface area contributed by atoms with Crippen LogP contribution in [0.5, 0.6) is 5.75 Å². The fraction of sp³-hybridized carbons (Fsp3) is 0.267. The number of fused-ring (bicyclic) bond motifs is 1. The lowest BCUT2D eigenvalue weighted by molar-refractivity contribution is 0.0739. The summed E-state index contributed by atoms with van der Waals surface area (Å²) in [5.74, 6) is -0.223. The van der Waals surface area contributed by atoms with E-state index in [1.54, 1.807) is 17.0 Å². The predicted octanol–water partition coefficient (Wildman–Crippen LogP) is 2.91. The minimum Gasteiger partial charge on any atom is -0.494 e. The molecule has 1 amide bonds. The molecule has 25 heavy (non-hydrogen) atoms. The van der Waals surface area contributed by atoms with Gasteiger partial charge in [-0.25, -0.2) is 13.6 Å². The van der Waals surface area contributed by atoms with Gasteiger partial charge in [-0.05, 0) is 29.7 Å². The first-order valence-electron chi connectivity index (χ1n) is 7.17. The highest BCUT2D eigenvalue weighted by atomic mass is 35.5. The van der Waals surface area contributed by atoms with Gasteiger partial charge in [0, 0.05) is 29.2 Å². The van der Waals surface area contributed by atoms with Crippen molar-refractivity contribution in [1.82, 2.24) is 4.90 Å². The van der Waals surface area contributed by atoms with Crippen molar-refractivity contribution in [2.24, 2.45) is 5.14 Å². The smallest absolute Gasteiger partial charge is 0.264 e.